The summed E-state index contributed by atoms with van der Waals surface area (Å²) < 4.78 is 1.01. The lowest BCUT2D eigenvalue weighted by Crippen LogP contribution is -2.14. The molecule has 0 bridgehead atoms. The third-order valence-electron chi connectivity index (χ3n) is 2.66. The summed E-state index contributed by atoms with van der Waals surface area (Å²) in [4.78, 5) is 22.4. The molecule has 0 aliphatic heterocycles. The van der Waals surface area contributed by atoms with Crippen LogP contribution in [0.15, 0.2) is 45.3 Å². The second-order valence-electron chi connectivity index (χ2n) is 4.11. The molecule has 108 valence electrons. The number of hydrogen-bond acceptors (Lipinski definition) is 4. The van der Waals surface area contributed by atoms with Crippen LogP contribution in [0.2, 0.25) is 0 Å². The minimum Gasteiger partial charge on any atom is -0.398 e. The predicted molar refractivity (Wildman–Crippen MR) is 87.3 cm³/mol. The maximum atomic E-state index is 12.2. The average molecular weight is 415 g/mol. The Labute approximate surface area is 136 Å². The van der Waals surface area contributed by atoms with E-state index >= 15 is 0 Å². The van der Waals surface area contributed by atoms with Gasteiger partial charge in [0, 0.05) is 21.9 Å². The van der Waals surface area contributed by atoms with Crippen molar-refractivity contribution in [1.29, 1.82) is 0 Å². The summed E-state index contributed by atoms with van der Waals surface area (Å²) in [7, 11) is 0. The minimum atomic E-state index is -0.512. The lowest BCUT2D eigenvalue weighted by atomic mass is 10.1. The van der Waals surface area contributed by atoms with E-state index in [0.29, 0.717) is 16.9 Å². The molecule has 2 aromatic carbocycles. The molecule has 0 aliphatic rings. The number of amides is 1. The third kappa shape index (κ3) is 3.59. The Balaban J connectivity index is 2.26. The zero-order valence-corrected chi connectivity index (χ0v) is 13.6. The normalized spacial score (nSPS) is 10.2. The van der Waals surface area contributed by atoms with Gasteiger partial charge in [0.25, 0.3) is 11.6 Å². The van der Waals surface area contributed by atoms with Gasteiger partial charge in [0.2, 0.25) is 0 Å². The number of nitrogens with one attached hydrogen (secondary N) is 1. The van der Waals surface area contributed by atoms with Gasteiger partial charge in [-0.15, -0.1) is 0 Å². The fourth-order valence-electron chi connectivity index (χ4n) is 1.66. The summed E-state index contributed by atoms with van der Waals surface area (Å²) in [6.07, 6.45) is 0. The first-order valence-corrected chi connectivity index (χ1v) is 7.27. The maximum absolute atomic E-state index is 12.2. The van der Waals surface area contributed by atoms with Gasteiger partial charge in [0.1, 0.15) is 0 Å². The van der Waals surface area contributed by atoms with Crippen molar-refractivity contribution in [3.05, 3.63) is 61.0 Å². The predicted octanol–water partition coefficient (Wildman–Crippen LogP) is 3.95. The second kappa shape index (κ2) is 6.23. The van der Waals surface area contributed by atoms with Gasteiger partial charge in [-0.1, -0.05) is 15.9 Å². The summed E-state index contributed by atoms with van der Waals surface area (Å²) in [5, 5.41) is 13.4. The standard InChI is InChI=1S/C13H9Br2N3O3/c14-7-1-3-11(16)9(5-7)13(19)17-8-2-4-12(18(20)21)10(15)6-8/h1-6H,16H2,(H,17,19). The van der Waals surface area contributed by atoms with E-state index in [9.17, 15) is 14.9 Å². The molecule has 0 fully saturated rings. The Hall–Kier alpha value is -1.93. The molecule has 0 heterocycles. The molecular formula is C13H9Br2N3O3. The second-order valence-corrected chi connectivity index (χ2v) is 5.88. The van der Waals surface area contributed by atoms with E-state index < -0.39 is 10.8 Å². The SMILES string of the molecule is Nc1ccc(Br)cc1C(=O)Nc1ccc([N+](=O)[O-])c(Br)c1. The number of benzene rings is 2. The van der Waals surface area contributed by atoms with E-state index in [1.807, 2.05) is 0 Å². The van der Waals surface area contributed by atoms with Gasteiger partial charge < -0.3 is 11.1 Å². The zero-order chi connectivity index (χ0) is 15.6. The van der Waals surface area contributed by atoms with Gasteiger partial charge in [-0.2, -0.15) is 0 Å². The van der Waals surface area contributed by atoms with Crippen molar-refractivity contribution >= 4 is 54.8 Å². The van der Waals surface area contributed by atoms with E-state index in [0.717, 1.165) is 4.47 Å². The number of halogens is 2. The van der Waals surface area contributed by atoms with E-state index in [2.05, 4.69) is 37.2 Å². The topological polar surface area (TPSA) is 98.3 Å². The number of nitrogens with two attached hydrogens (primary N) is 1. The Morgan fingerprint density at radius 3 is 2.52 bits per heavy atom. The van der Waals surface area contributed by atoms with Crippen molar-refractivity contribution < 1.29 is 9.72 Å². The number of carbonyl (C=O) groups excluding carboxylic acids is 1. The molecule has 1 amide bonds. The number of nitrogens with zero attached hydrogens (tertiary/aromatic N) is 1. The molecular weight excluding hydrogens is 406 g/mol. The van der Waals surface area contributed by atoms with E-state index in [4.69, 9.17) is 5.73 Å². The lowest BCUT2D eigenvalue weighted by Gasteiger charge is -2.08. The van der Waals surface area contributed by atoms with Crippen LogP contribution in [0.4, 0.5) is 17.1 Å². The molecule has 0 saturated heterocycles. The summed E-state index contributed by atoms with van der Waals surface area (Å²) in [5.74, 6) is -0.394. The number of hydrogen-bond donors (Lipinski definition) is 2. The summed E-state index contributed by atoms with van der Waals surface area (Å²) in [6, 6.07) is 9.17. The van der Waals surface area contributed by atoms with Gasteiger partial charge in [0.15, 0.2) is 0 Å². The number of rotatable bonds is 3. The molecule has 0 aromatic heterocycles. The van der Waals surface area contributed by atoms with Crippen molar-refractivity contribution in [2.75, 3.05) is 11.1 Å². The van der Waals surface area contributed by atoms with Gasteiger partial charge in [-0.3, -0.25) is 14.9 Å². The molecule has 0 unspecified atom stereocenters. The van der Waals surface area contributed by atoms with Gasteiger partial charge in [0.05, 0.1) is 15.0 Å². The molecule has 0 aliphatic carbocycles. The van der Waals surface area contributed by atoms with Crippen LogP contribution in [0.5, 0.6) is 0 Å². The summed E-state index contributed by atoms with van der Waals surface area (Å²) >= 11 is 6.36. The first-order chi connectivity index (χ1) is 9.88. The van der Waals surface area contributed by atoms with Crippen molar-refractivity contribution in [3.63, 3.8) is 0 Å². The van der Waals surface area contributed by atoms with Crippen LogP contribution >= 0.6 is 31.9 Å². The Kier molecular flexibility index (Phi) is 4.59. The molecule has 2 rings (SSSR count). The lowest BCUT2D eigenvalue weighted by molar-refractivity contribution is -0.385. The number of nitrogen functional groups attached to an aromatic ring is 1. The first-order valence-electron chi connectivity index (χ1n) is 5.69. The van der Waals surface area contributed by atoms with Crippen LogP contribution in [0.3, 0.4) is 0 Å². The summed E-state index contributed by atoms with van der Waals surface area (Å²) in [6.45, 7) is 0. The van der Waals surface area contributed by atoms with Crippen LogP contribution in [0, 0.1) is 10.1 Å². The van der Waals surface area contributed by atoms with Gasteiger partial charge in [-0.25, -0.2) is 0 Å². The number of nitro groups is 1. The molecule has 0 spiro atoms. The monoisotopic (exact) mass is 413 g/mol. The maximum Gasteiger partial charge on any atom is 0.283 e. The highest BCUT2D eigenvalue weighted by Gasteiger charge is 2.14. The highest BCUT2D eigenvalue weighted by Crippen LogP contribution is 2.28. The van der Waals surface area contributed by atoms with E-state index in [1.165, 1.54) is 18.2 Å². The van der Waals surface area contributed by atoms with Crippen LogP contribution in [0.1, 0.15) is 10.4 Å². The third-order valence-corrected chi connectivity index (χ3v) is 3.79. The molecule has 0 saturated carbocycles. The van der Waals surface area contributed by atoms with Crippen LogP contribution in [-0.2, 0) is 0 Å². The molecule has 2 aromatic rings. The molecule has 6 nitrogen and oxygen atoms in total. The van der Waals surface area contributed by atoms with E-state index in [-0.39, 0.29) is 10.2 Å². The molecule has 3 N–H and O–H groups in total. The highest BCUT2D eigenvalue weighted by molar-refractivity contribution is 9.10. The number of anilines is 2. The smallest absolute Gasteiger partial charge is 0.283 e. The Morgan fingerprint density at radius 1 is 1.19 bits per heavy atom. The fraction of sp³-hybridized carbons (Fsp3) is 0. The average Bonchev–Trinajstić information content (AvgIpc) is 2.41. The Bertz CT molecular complexity index is 735. The Morgan fingerprint density at radius 2 is 1.90 bits per heavy atom. The van der Waals surface area contributed by atoms with Gasteiger partial charge >= 0.3 is 0 Å². The van der Waals surface area contributed by atoms with Crippen LogP contribution < -0.4 is 11.1 Å². The van der Waals surface area contributed by atoms with Gasteiger partial charge in [-0.05, 0) is 46.3 Å². The van der Waals surface area contributed by atoms with Crippen LogP contribution in [0.25, 0.3) is 0 Å². The van der Waals surface area contributed by atoms with Crippen molar-refractivity contribution in [1.82, 2.24) is 0 Å². The molecule has 21 heavy (non-hydrogen) atoms. The molecule has 8 heteroatoms. The minimum absolute atomic E-state index is 0.0741. The number of nitro benzene ring substituents is 1. The molecule has 0 radical (unpaired) electrons. The highest BCUT2D eigenvalue weighted by atomic mass is 79.9. The fourth-order valence-corrected chi connectivity index (χ4v) is 2.54. The first kappa shape index (κ1) is 15.5. The van der Waals surface area contributed by atoms with E-state index in [1.54, 1.807) is 18.2 Å². The van der Waals surface area contributed by atoms with Crippen molar-refractivity contribution in [2.45, 2.75) is 0 Å². The number of carbonyl (C=O) groups is 1. The zero-order valence-electron chi connectivity index (χ0n) is 10.5. The molecule has 0 atom stereocenters. The van der Waals surface area contributed by atoms with Crippen molar-refractivity contribution in [2.24, 2.45) is 0 Å². The quantitative estimate of drug-likeness (QED) is 0.451. The van der Waals surface area contributed by atoms with Crippen LogP contribution in [-0.4, -0.2) is 10.8 Å². The van der Waals surface area contributed by atoms with Crippen molar-refractivity contribution in [3.8, 4) is 0 Å². The largest absolute Gasteiger partial charge is 0.398 e. The summed E-state index contributed by atoms with van der Waals surface area (Å²) in [5.41, 5.74) is 6.77.